The molecule has 11 rings (SSSR count). The Morgan fingerprint density at radius 3 is 1.74 bits per heavy atom. The first kappa shape index (κ1) is 34.0. The van der Waals surface area contributed by atoms with Crippen LogP contribution < -0.4 is 32.8 Å². The molecule has 0 unspecified atom stereocenters. The van der Waals surface area contributed by atoms with Crippen LogP contribution >= 0.6 is 11.3 Å². The third-order valence-electron chi connectivity index (χ3n) is 12.4. The summed E-state index contributed by atoms with van der Waals surface area (Å²) in [6.45, 7) is 0. The third kappa shape index (κ3) is 4.86. The van der Waals surface area contributed by atoms with E-state index >= 15 is 0 Å². The zero-order chi connectivity index (χ0) is 38.7. The Morgan fingerprint density at radius 1 is 0.439 bits per heavy atom. The van der Waals surface area contributed by atoms with E-state index in [-0.39, 0.29) is 0 Å². The smallest absolute Gasteiger partial charge is 0.164 e. The van der Waals surface area contributed by atoms with Crippen LogP contribution in [0.3, 0.4) is 0 Å². The SMILES string of the molecule is Bc1c(B)c(-c2nc(-c3ccccc3)nc(-c3ccccc3)n2)c2c(oc3c(-n4c5ccccc5c5c6sc7ccccc7c6ccc54)c(B)c(B)c(B)c32)c1B. The molecule has 0 N–H and O–H groups in total. The normalized spacial score (nSPS) is 11.9. The van der Waals surface area contributed by atoms with Gasteiger partial charge in [0.05, 0.1) is 16.7 Å². The summed E-state index contributed by atoms with van der Waals surface area (Å²) in [4.78, 5) is 15.6. The van der Waals surface area contributed by atoms with Crippen LogP contribution in [0, 0.1) is 0 Å². The fraction of sp³-hybridized carbons (Fsp3) is 0. The van der Waals surface area contributed by atoms with Crippen LogP contribution in [0.5, 0.6) is 0 Å². The average molecular weight is 742 g/mol. The highest BCUT2D eigenvalue weighted by Gasteiger charge is 2.28. The number of benzene rings is 7. The summed E-state index contributed by atoms with van der Waals surface area (Å²) >= 11 is 1.88. The minimum Gasteiger partial charge on any atom is -0.454 e. The lowest BCUT2D eigenvalue weighted by Crippen LogP contribution is -2.42. The first-order valence-electron chi connectivity index (χ1n) is 19.5. The van der Waals surface area contributed by atoms with Crippen LogP contribution in [-0.4, -0.2) is 66.6 Å². The van der Waals surface area contributed by atoms with Gasteiger partial charge in [0.15, 0.2) is 23.1 Å². The summed E-state index contributed by atoms with van der Waals surface area (Å²) in [5.41, 5.74) is 15.1. The number of aromatic nitrogens is 4. The molecule has 0 saturated carbocycles. The largest absolute Gasteiger partial charge is 0.454 e. The van der Waals surface area contributed by atoms with Crippen molar-refractivity contribution in [2.45, 2.75) is 0 Å². The van der Waals surface area contributed by atoms with Crippen molar-refractivity contribution in [2.24, 2.45) is 0 Å². The van der Waals surface area contributed by atoms with Crippen molar-refractivity contribution in [3.8, 4) is 39.9 Å². The molecule has 0 saturated heterocycles. The van der Waals surface area contributed by atoms with E-state index in [2.05, 4.69) is 137 Å². The van der Waals surface area contributed by atoms with Gasteiger partial charge < -0.3 is 8.98 Å². The highest BCUT2D eigenvalue weighted by Crippen LogP contribution is 2.44. The summed E-state index contributed by atoms with van der Waals surface area (Å²) in [7, 11) is 13.3. The Labute approximate surface area is 338 Å². The van der Waals surface area contributed by atoms with Gasteiger partial charge in [0.1, 0.15) is 52.7 Å². The van der Waals surface area contributed by atoms with E-state index in [0.717, 1.165) is 66.2 Å². The van der Waals surface area contributed by atoms with Gasteiger partial charge in [0.2, 0.25) is 0 Å². The van der Waals surface area contributed by atoms with Crippen molar-refractivity contribution in [3.05, 3.63) is 121 Å². The van der Waals surface area contributed by atoms with Crippen molar-refractivity contribution >= 4 is 155 Å². The van der Waals surface area contributed by atoms with E-state index < -0.39 is 0 Å². The highest BCUT2D eigenvalue weighted by atomic mass is 32.1. The van der Waals surface area contributed by atoms with E-state index in [1.807, 2.05) is 47.7 Å². The molecule has 7 aromatic carbocycles. The number of hydrogen-bond donors (Lipinski definition) is 0. The van der Waals surface area contributed by atoms with Crippen LogP contribution in [0.4, 0.5) is 0 Å². The Kier molecular flexibility index (Phi) is 7.55. The highest BCUT2D eigenvalue weighted by molar-refractivity contribution is 7.26. The van der Waals surface area contributed by atoms with Crippen molar-refractivity contribution in [3.63, 3.8) is 0 Å². The van der Waals surface area contributed by atoms with Gasteiger partial charge in [-0.1, -0.05) is 136 Å². The molecule has 5 nitrogen and oxygen atoms in total. The second kappa shape index (κ2) is 12.6. The zero-order valence-corrected chi connectivity index (χ0v) is 33.5. The fourth-order valence-corrected chi connectivity index (χ4v) is 10.3. The Morgan fingerprint density at radius 2 is 1.04 bits per heavy atom. The van der Waals surface area contributed by atoms with E-state index in [9.17, 15) is 0 Å². The molecule has 262 valence electrons. The van der Waals surface area contributed by atoms with Gasteiger partial charge in [-0.2, -0.15) is 0 Å². The first-order valence-corrected chi connectivity index (χ1v) is 20.3. The van der Waals surface area contributed by atoms with Crippen LogP contribution in [0.15, 0.2) is 126 Å². The molecule has 4 aromatic heterocycles. The van der Waals surface area contributed by atoms with Crippen LogP contribution in [-0.2, 0) is 0 Å². The molecule has 0 aliphatic rings. The van der Waals surface area contributed by atoms with Gasteiger partial charge in [0.25, 0.3) is 0 Å². The lowest BCUT2D eigenvalue weighted by atomic mass is 9.67. The maximum atomic E-state index is 7.33. The van der Waals surface area contributed by atoms with E-state index in [1.165, 1.54) is 52.8 Å². The Hall–Kier alpha value is -6.24. The maximum absolute atomic E-state index is 7.33. The van der Waals surface area contributed by atoms with Crippen LogP contribution in [0.1, 0.15) is 0 Å². The number of hydrogen-bond acceptors (Lipinski definition) is 5. The topological polar surface area (TPSA) is 56.7 Å². The quantitative estimate of drug-likeness (QED) is 0.259. The zero-order valence-electron chi connectivity index (χ0n) is 32.7. The number of thiophene rings is 1. The summed E-state index contributed by atoms with van der Waals surface area (Å²) < 4.78 is 12.4. The number of fused-ring (bicyclic) bond motifs is 10. The van der Waals surface area contributed by atoms with Crippen molar-refractivity contribution in [1.82, 2.24) is 19.5 Å². The Bertz CT molecular complexity index is 3430. The van der Waals surface area contributed by atoms with Gasteiger partial charge in [-0.3, -0.25) is 0 Å². The number of rotatable bonds is 4. The van der Waals surface area contributed by atoms with Crippen molar-refractivity contribution < 1.29 is 4.42 Å². The summed E-state index contributed by atoms with van der Waals surface area (Å²) in [5, 5.41) is 7.26. The van der Waals surface area contributed by atoms with E-state index in [0.29, 0.717) is 17.5 Å². The lowest BCUT2D eigenvalue weighted by molar-refractivity contribution is 0.670. The van der Waals surface area contributed by atoms with Gasteiger partial charge in [-0.15, -0.1) is 11.3 Å². The van der Waals surface area contributed by atoms with E-state index in [4.69, 9.17) is 19.4 Å². The van der Waals surface area contributed by atoms with Crippen molar-refractivity contribution in [1.29, 1.82) is 0 Å². The summed E-state index contributed by atoms with van der Waals surface area (Å²) in [6.07, 6.45) is 0. The predicted molar refractivity (Wildman–Crippen MR) is 260 cm³/mol. The summed E-state index contributed by atoms with van der Waals surface area (Å²) in [6, 6.07) is 42.6. The van der Waals surface area contributed by atoms with Gasteiger partial charge >= 0.3 is 0 Å². The monoisotopic (exact) mass is 742 g/mol. The molecule has 57 heavy (non-hydrogen) atoms. The average Bonchev–Trinajstić information content (AvgIpc) is 3.93. The van der Waals surface area contributed by atoms with Crippen LogP contribution in [0.2, 0.25) is 0 Å². The molecular weight excluding hydrogens is 709 g/mol. The van der Waals surface area contributed by atoms with Gasteiger partial charge in [-0.05, 0) is 18.2 Å². The first-order chi connectivity index (χ1) is 27.8. The molecule has 0 spiro atoms. The molecule has 0 aliphatic carbocycles. The number of para-hydroxylation sites is 1. The minimum absolute atomic E-state index is 0.638. The van der Waals surface area contributed by atoms with Gasteiger partial charge in [-0.25, -0.2) is 15.0 Å². The fourth-order valence-electron chi connectivity index (χ4n) is 9.05. The summed E-state index contributed by atoms with van der Waals surface area (Å²) in [5.74, 6) is 1.92. The predicted octanol–water partition coefficient (Wildman–Crippen LogP) is 1.79. The molecule has 0 amide bonds. The molecule has 0 radical (unpaired) electrons. The number of nitrogens with zero attached hydrogens (tertiary/aromatic N) is 4. The molecule has 4 heterocycles. The molecule has 12 heteroatoms. The molecule has 0 aliphatic heterocycles. The second-order valence-electron chi connectivity index (χ2n) is 15.3. The molecule has 0 fully saturated rings. The van der Waals surface area contributed by atoms with E-state index in [1.54, 1.807) is 0 Å². The second-order valence-corrected chi connectivity index (χ2v) is 16.4. The third-order valence-corrected chi connectivity index (χ3v) is 13.6. The number of furan rings is 1. The Balaban J connectivity index is 1.28. The lowest BCUT2D eigenvalue weighted by Gasteiger charge is -2.18. The van der Waals surface area contributed by atoms with Gasteiger partial charge in [0, 0.05) is 58.4 Å². The van der Waals surface area contributed by atoms with Crippen molar-refractivity contribution in [2.75, 3.05) is 0 Å². The molecule has 0 bridgehead atoms. The minimum atomic E-state index is 0.638. The molecular formula is C45H32B6N4OS. The van der Waals surface area contributed by atoms with Crippen LogP contribution in [0.25, 0.3) is 104 Å². The maximum Gasteiger partial charge on any atom is 0.164 e. The standard InChI is InChI=1S/C45H32B6N4OS/c46-33-31-30-32(45-53-43(21-11-3-1-4-12-21)52-44(54-45)22-13-5-2-6-14-22)34(47)36(49)38(51)40(30)56-41(31)39(37(50)35(33)48)55-26-17-9-7-16-25(26)29-27(55)20-19-24-23-15-8-10-18-28(23)57-42(24)29/h1-20H,46-51H2. The molecule has 11 aromatic rings. The molecule has 0 atom stereocenters.